The van der Waals surface area contributed by atoms with E-state index in [0.29, 0.717) is 0 Å². The van der Waals surface area contributed by atoms with Crippen LogP contribution in [0.4, 0.5) is 0 Å². The van der Waals surface area contributed by atoms with Crippen molar-refractivity contribution >= 4 is 0 Å². The Morgan fingerprint density at radius 3 is 2.37 bits per heavy atom. The summed E-state index contributed by atoms with van der Waals surface area (Å²) in [5.74, 6) is 0. The van der Waals surface area contributed by atoms with Crippen molar-refractivity contribution in [2.24, 2.45) is 0 Å². The van der Waals surface area contributed by atoms with Gasteiger partial charge in [-0.3, -0.25) is 4.98 Å². The summed E-state index contributed by atoms with van der Waals surface area (Å²) in [6.07, 6.45) is 13.9. The molecule has 0 unspecified atom stereocenters. The summed E-state index contributed by atoms with van der Waals surface area (Å²) < 4.78 is 6.42. The molecule has 3 nitrogen and oxygen atoms in total. The van der Waals surface area contributed by atoms with E-state index in [1.165, 1.54) is 48.9 Å². The predicted molar refractivity (Wildman–Crippen MR) is 122 cm³/mol. The van der Waals surface area contributed by atoms with E-state index < -0.39 is 0 Å². The van der Waals surface area contributed by atoms with E-state index in [9.17, 15) is 0 Å². The van der Waals surface area contributed by atoms with E-state index >= 15 is 0 Å². The molecular weight excluding hydrogens is 368 g/mol. The van der Waals surface area contributed by atoms with Crippen LogP contribution >= 0.6 is 0 Å². The maximum atomic E-state index is 6.42. The monoisotopic (exact) mass is 404 g/mol. The minimum absolute atomic E-state index is 0.0990. The molecule has 2 fully saturated rings. The van der Waals surface area contributed by atoms with Gasteiger partial charge in [0.05, 0.1) is 5.60 Å². The van der Waals surface area contributed by atoms with E-state index in [0.717, 1.165) is 45.3 Å². The van der Waals surface area contributed by atoms with E-state index in [1.807, 2.05) is 12.3 Å². The summed E-state index contributed by atoms with van der Waals surface area (Å²) >= 11 is 0. The van der Waals surface area contributed by atoms with Crippen LogP contribution in [-0.4, -0.2) is 29.3 Å². The molecule has 5 rings (SSSR count). The van der Waals surface area contributed by atoms with Gasteiger partial charge in [0.15, 0.2) is 0 Å². The Kier molecular flexibility index (Phi) is 5.45. The molecule has 1 spiro atoms. The first-order valence-corrected chi connectivity index (χ1v) is 12.0. The number of ether oxygens (including phenoxy) is 1. The maximum Gasteiger partial charge on any atom is 0.0691 e. The number of nitrogens with one attached hydrogen (secondary N) is 1. The van der Waals surface area contributed by atoms with Gasteiger partial charge in [0, 0.05) is 29.5 Å². The molecule has 3 heteroatoms. The number of hydrogen-bond donors (Lipinski definition) is 1. The first kappa shape index (κ1) is 20.2. The van der Waals surface area contributed by atoms with Crippen LogP contribution in [0.15, 0.2) is 48.7 Å². The Morgan fingerprint density at radius 2 is 1.70 bits per heavy atom. The van der Waals surface area contributed by atoms with Crippen molar-refractivity contribution in [2.75, 3.05) is 13.2 Å². The normalized spacial score (nSPS) is 26.7. The highest BCUT2D eigenvalue weighted by atomic mass is 16.5. The zero-order valence-electron chi connectivity index (χ0n) is 18.5. The van der Waals surface area contributed by atoms with E-state index in [-0.39, 0.29) is 16.6 Å². The average molecular weight is 405 g/mol. The number of hydrogen-bond acceptors (Lipinski definition) is 3. The number of fused-ring (bicyclic) bond motifs is 1. The summed E-state index contributed by atoms with van der Waals surface area (Å²) in [4.78, 5) is 4.87. The van der Waals surface area contributed by atoms with Gasteiger partial charge in [-0.25, -0.2) is 0 Å². The number of nitrogens with zero attached hydrogens (tertiary/aromatic N) is 1. The number of aromatic nitrogens is 1. The highest BCUT2D eigenvalue weighted by Gasteiger charge is 2.48. The van der Waals surface area contributed by atoms with Gasteiger partial charge in [-0.1, -0.05) is 50.1 Å². The lowest BCUT2D eigenvalue weighted by Crippen LogP contribution is -2.50. The Hall–Kier alpha value is -1.71. The average Bonchev–Trinajstić information content (AvgIpc) is 3.39. The lowest BCUT2D eigenvalue weighted by atomic mass is 9.68. The molecule has 1 atom stereocenters. The Morgan fingerprint density at radius 1 is 0.967 bits per heavy atom. The van der Waals surface area contributed by atoms with Gasteiger partial charge >= 0.3 is 0 Å². The fourth-order valence-corrected chi connectivity index (χ4v) is 6.56. The highest BCUT2D eigenvalue weighted by Crippen LogP contribution is 2.49. The zero-order valence-corrected chi connectivity index (χ0v) is 18.5. The molecular formula is C27H36N2O. The third-order valence-corrected chi connectivity index (χ3v) is 8.33. The first-order valence-electron chi connectivity index (χ1n) is 12.0. The molecule has 1 aromatic heterocycles. The number of benzene rings is 1. The van der Waals surface area contributed by atoms with Gasteiger partial charge in [-0.15, -0.1) is 0 Å². The smallest absolute Gasteiger partial charge is 0.0691 e. The summed E-state index contributed by atoms with van der Waals surface area (Å²) in [6, 6.07) is 15.5. The maximum absolute atomic E-state index is 6.42. The first-order chi connectivity index (χ1) is 14.7. The van der Waals surface area contributed by atoms with Crippen LogP contribution in [0.5, 0.6) is 0 Å². The van der Waals surface area contributed by atoms with E-state index in [1.54, 1.807) is 0 Å². The molecule has 1 N–H and O–H groups in total. The lowest BCUT2D eigenvalue weighted by molar-refractivity contribution is -0.104. The second-order valence-electron chi connectivity index (χ2n) is 10.1. The largest absolute Gasteiger partial charge is 0.375 e. The molecule has 2 aliphatic carbocycles. The molecule has 0 amide bonds. The molecule has 160 valence electrons. The van der Waals surface area contributed by atoms with Crippen LogP contribution in [-0.2, 0) is 23.0 Å². The summed E-state index contributed by atoms with van der Waals surface area (Å²) in [6.45, 7) is 4.27. The molecule has 0 radical (unpaired) electrons. The molecule has 1 saturated carbocycles. The summed E-state index contributed by atoms with van der Waals surface area (Å²) in [5, 5.41) is 4.04. The van der Waals surface area contributed by atoms with Crippen LogP contribution in [0.3, 0.4) is 0 Å². The van der Waals surface area contributed by atoms with Crippen LogP contribution < -0.4 is 5.32 Å². The second kappa shape index (κ2) is 8.09. The van der Waals surface area contributed by atoms with Crippen LogP contribution in [0.25, 0.3) is 0 Å². The molecule has 1 aliphatic heterocycles. The summed E-state index contributed by atoms with van der Waals surface area (Å²) in [5.41, 5.74) is 4.79. The van der Waals surface area contributed by atoms with Gasteiger partial charge < -0.3 is 10.1 Å². The van der Waals surface area contributed by atoms with Crippen molar-refractivity contribution in [1.29, 1.82) is 0 Å². The van der Waals surface area contributed by atoms with Crippen molar-refractivity contribution < 1.29 is 4.74 Å². The third kappa shape index (κ3) is 3.71. The molecule has 1 saturated heterocycles. The topological polar surface area (TPSA) is 34.2 Å². The zero-order chi connectivity index (χ0) is 20.5. The Labute approximate surface area is 181 Å². The molecule has 1 aromatic carbocycles. The standard InChI is InChI=1S/C27H36N2O/c1-2-26(19-22-9-3-4-10-23(22)20-26)29-17-14-25(24-11-5-8-16-28-24)15-18-30-27(21-25)12-6-7-13-27/h3-5,8-11,16,29H,2,6-7,12-15,17-21H2,1H3/t25-/m1/s1. The van der Waals surface area contributed by atoms with Gasteiger partial charge in [0.2, 0.25) is 0 Å². The molecule has 2 aromatic rings. The minimum atomic E-state index is 0.0990. The minimum Gasteiger partial charge on any atom is -0.375 e. The van der Waals surface area contributed by atoms with Crippen LogP contribution in [0.2, 0.25) is 0 Å². The van der Waals surface area contributed by atoms with Gasteiger partial charge in [0.1, 0.15) is 0 Å². The number of pyridine rings is 1. The Balaban J connectivity index is 1.34. The fraction of sp³-hybridized carbons (Fsp3) is 0.593. The lowest BCUT2D eigenvalue weighted by Gasteiger charge is -2.47. The second-order valence-corrected chi connectivity index (χ2v) is 10.1. The molecule has 0 bridgehead atoms. The number of rotatable bonds is 6. The third-order valence-electron chi connectivity index (χ3n) is 8.33. The van der Waals surface area contributed by atoms with Crippen molar-refractivity contribution in [3.05, 3.63) is 65.5 Å². The van der Waals surface area contributed by atoms with Crippen molar-refractivity contribution in [3.8, 4) is 0 Å². The van der Waals surface area contributed by atoms with E-state index in [2.05, 4.69) is 48.6 Å². The molecule has 3 aliphatic rings. The van der Waals surface area contributed by atoms with Crippen LogP contribution in [0.1, 0.15) is 75.1 Å². The Bertz CT molecular complexity index is 833. The highest BCUT2D eigenvalue weighted by molar-refractivity contribution is 5.36. The molecule has 2 heterocycles. The van der Waals surface area contributed by atoms with Crippen molar-refractivity contribution in [2.45, 2.75) is 87.7 Å². The van der Waals surface area contributed by atoms with Gasteiger partial charge in [-0.05, 0) is 81.2 Å². The van der Waals surface area contributed by atoms with E-state index in [4.69, 9.17) is 9.72 Å². The van der Waals surface area contributed by atoms with Crippen molar-refractivity contribution in [1.82, 2.24) is 10.3 Å². The van der Waals surface area contributed by atoms with Gasteiger partial charge in [0.25, 0.3) is 0 Å². The van der Waals surface area contributed by atoms with Crippen LogP contribution in [0, 0.1) is 0 Å². The predicted octanol–water partition coefficient (Wildman–Crippen LogP) is 5.37. The van der Waals surface area contributed by atoms with Gasteiger partial charge in [-0.2, -0.15) is 0 Å². The SMILES string of the molecule is CCC1(NCC[C@@]2(c3ccccn3)CCOC3(CCCC3)C2)Cc2ccccc2C1. The quantitative estimate of drug-likeness (QED) is 0.703. The van der Waals surface area contributed by atoms with Crippen molar-refractivity contribution in [3.63, 3.8) is 0 Å². The summed E-state index contributed by atoms with van der Waals surface area (Å²) in [7, 11) is 0. The molecule has 30 heavy (non-hydrogen) atoms. The fourth-order valence-electron chi connectivity index (χ4n) is 6.56.